The number of halogens is 1. The van der Waals surface area contributed by atoms with Gasteiger partial charge in [-0.05, 0) is 52.9 Å². The molecule has 0 saturated carbocycles. The number of rotatable bonds is 5. The lowest BCUT2D eigenvalue weighted by molar-refractivity contribution is -0.121. The van der Waals surface area contributed by atoms with Crippen LogP contribution >= 0.6 is 22.9 Å². The van der Waals surface area contributed by atoms with E-state index in [-0.39, 0.29) is 11.9 Å². The van der Waals surface area contributed by atoms with Crippen molar-refractivity contribution >= 4 is 34.7 Å². The van der Waals surface area contributed by atoms with Crippen LogP contribution in [0.25, 0.3) is 11.3 Å². The van der Waals surface area contributed by atoms with E-state index in [9.17, 15) is 4.79 Å². The number of benzene rings is 1. The van der Waals surface area contributed by atoms with Gasteiger partial charge in [0.25, 0.3) is 0 Å². The number of hydrogen-bond acceptors (Lipinski definition) is 4. The highest BCUT2D eigenvalue weighted by molar-refractivity contribution is 7.08. The Morgan fingerprint density at radius 1 is 1.33 bits per heavy atom. The maximum Gasteiger partial charge on any atom is 0.224 e. The Morgan fingerprint density at radius 2 is 2.19 bits per heavy atom. The highest BCUT2D eigenvalue weighted by atomic mass is 35.5. The molecule has 2 aromatic heterocycles. The first-order valence-corrected chi connectivity index (χ1v) is 10.4. The first-order valence-electron chi connectivity index (χ1n) is 9.04. The predicted molar refractivity (Wildman–Crippen MR) is 110 cm³/mol. The number of H-pyrrole nitrogens is 1. The molecule has 7 heteroatoms. The van der Waals surface area contributed by atoms with Gasteiger partial charge in [-0.15, -0.1) is 0 Å². The van der Waals surface area contributed by atoms with E-state index in [1.807, 2.05) is 41.1 Å². The van der Waals surface area contributed by atoms with Crippen LogP contribution in [0.5, 0.6) is 0 Å². The zero-order valence-corrected chi connectivity index (χ0v) is 16.4. The summed E-state index contributed by atoms with van der Waals surface area (Å²) < 4.78 is 0. The molecule has 5 nitrogen and oxygen atoms in total. The molecule has 3 aromatic rings. The molecule has 1 amide bonds. The normalized spacial score (nSPS) is 17.1. The number of piperidine rings is 1. The highest BCUT2D eigenvalue weighted by Gasteiger charge is 2.23. The van der Waals surface area contributed by atoms with E-state index < -0.39 is 0 Å². The molecule has 27 heavy (non-hydrogen) atoms. The summed E-state index contributed by atoms with van der Waals surface area (Å²) in [7, 11) is 0. The molecular formula is C20H21ClN4OS. The van der Waals surface area contributed by atoms with Crippen LogP contribution in [0, 0.1) is 0 Å². The van der Waals surface area contributed by atoms with Crippen molar-refractivity contribution in [2.24, 2.45) is 0 Å². The van der Waals surface area contributed by atoms with Crippen molar-refractivity contribution in [3.8, 4) is 11.3 Å². The smallest absolute Gasteiger partial charge is 0.224 e. The number of thiophene rings is 1. The molecule has 1 unspecified atom stereocenters. The fourth-order valence-electron chi connectivity index (χ4n) is 3.41. The summed E-state index contributed by atoms with van der Waals surface area (Å²) in [5.74, 6) is 1.00. The number of anilines is 1. The summed E-state index contributed by atoms with van der Waals surface area (Å²) in [6, 6.07) is 11.9. The van der Waals surface area contributed by atoms with Crippen LogP contribution in [0.4, 0.5) is 5.82 Å². The first-order chi connectivity index (χ1) is 13.2. The molecule has 4 rings (SSSR count). The molecule has 0 radical (unpaired) electrons. The van der Waals surface area contributed by atoms with Crippen molar-refractivity contribution in [3.63, 3.8) is 0 Å². The Hall–Kier alpha value is -2.31. The van der Waals surface area contributed by atoms with Crippen molar-refractivity contribution in [3.05, 3.63) is 57.7 Å². The Labute approximate surface area is 167 Å². The van der Waals surface area contributed by atoms with Crippen LogP contribution in [0.1, 0.15) is 18.4 Å². The minimum atomic E-state index is 0.0872. The number of nitrogens with one attached hydrogen (secondary N) is 2. The number of aromatic amines is 1. The van der Waals surface area contributed by atoms with Crippen molar-refractivity contribution in [2.75, 3.05) is 18.0 Å². The Balaban J connectivity index is 1.38. The minimum Gasteiger partial charge on any atom is -0.353 e. The molecule has 0 spiro atoms. The molecule has 1 aliphatic heterocycles. The van der Waals surface area contributed by atoms with E-state index in [4.69, 9.17) is 11.6 Å². The summed E-state index contributed by atoms with van der Waals surface area (Å²) in [5, 5.41) is 15.5. The molecule has 0 bridgehead atoms. The third-order valence-electron chi connectivity index (χ3n) is 4.77. The van der Waals surface area contributed by atoms with Gasteiger partial charge in [-0.3, -0.25) is 9.89 Å². The second kappa shape index (κ2) is 8.15. The van der Waals surface area contributed by atoms with Gasteiger partial charge in [0.15, 0.2) is 5.82 Å². The fraction of sp³-hybridized carbons (Fsp3) is 0.300. The van der Waals surface area contributed by atoms with E-state index in [1.54, 1.807) is 11.3 Å². The van der Waals surface area contributed by atoms with E-state index in [2.05, 4.69) is 26.5 Å². The average Bonchev–Trinajstić information content (AvgIpc) is 3.34. The van der Waals surface area contributed by atoms with Crippen LogP contribution in [-0.2, 0) is 11.2 Å². The second-order valence-electron chi connectivity index (χ2n) is 6.81. The predicted octanol–water partition coefficient (Wildman–Crippen LogP) is 4.12. The molecule has 1 atom stereocenters. The van der Waals surface area contributed by atoms with Crippen LogP contribution in [-0.4, -0.2) is 35.2 Å². The Bertz CT molecular complexity index is 891. The van der Waals surface area contributed by atoms with Gasteiger partial charge in [-0.1, -0.05) is 23.7 Å². The van der Waals surface area contributed by atoms with E-state index >= 15 is 0 Å². The number of carbonyl (C=O) groups is 1. The summed E-state index contributed by atoms with van der Waals surface area (Å²) in [6.45, 7) is 1.72. The van der Waals surface area contributed by atoms with E-state index in [0.29, 0.717) is 6.42 Å². The quantitative estimate of drug-likeness (QED) is 0.677. The Morgan fingerprint density at radius 3 is 2.96 bits per heavy atom. The van der Waals surface area contributed by atoms with E-state index in [1.165, 1.54) is 0 Å². The molecule has 2 N–H and O–H groups in total. The van der Waals surface area contributed by atoms with Crippen LogP contribution in [0.3, 0.4) is 0 Å². The molecule has 1 aromatic carbocycles. The van der Waals surface area contributed by atoms with Gasteiger partial charge in [0.05, 0.1) is 12.1 Å². The van der Waals surface area contributed by atoms with Crippen molar-refractivity contribution < 1.29 is 4.79 Å². The molecule has 1 fully saturated rings. The molecule has 3 heterocycles. The third kappa shape index (κ3) is 4.51. The highest BCUT2D eigenvalue weighted by Crippen LogP contribution is 2.25. The maximum absolute atomic E-state index is 12.3. The lowest BCUT2D eigenvalue weighted by Crippen LogP contribution is -2.48. The topological polar surface area (TPSA) is 61.0 Å². The summed E-state index contributed by atoms with van der Waals surface area (Å²) >= 11 is 7.58. The van der Waals surface area contributed by atoms with Gasteiger partial charge >= 0.3 is 0 Å². The molecule has 140 valence electrons. The summed E-state index contributed by atoms with van der Waals surface area (Å²) in [5.41, 5.74) is 3.09. The number of aromatic nitrogens is 2. The molecular weight excluding hydrogens is 380 g/mol. The zero-order chi connectivity index (χ0) is 18.6. The fourth-order valence-corrected chi connectivity index (χ4v) is 4.21. The molecule has 1 saturated heterocycles. The first kappa shape index (κ1) is 18.1. The SMILES string of the molecule is O=C(Cc1ccsc1)NC1CCCN(c2cc(-c3ccc(Cl)cc3)[nH]n2)C1. The second-order valence-corrected chi connectivity index (χ2v) is 8.02. The average molecular weight is 401 g/mol. The lowest BCUT2D eigenvalue weighted by Gasteiger charge is -2.33. The zero-order valence-electron chi connectivity index (χ0n) is 14.8. The van der Waals surface area contributed by atoms with Crippen LogP contribution in [0.2, 0.25) is 5.02 Å². The molecule has 1 aliphatic rings. The molecule has 0 aliphatic carbocycles. The van der Waals surface area contributed by atoms with Crippen molar-refractivity contribution in [2.45, 2.75) is 25.3 Å². The standard InChI is InChI=1S/C20H21ClN4OS/c21-16-5-3-15(4-6-16)18-11-19(24-23-18)25-8-1-2-17(12-25)22-20(26)10-14-7-9-27-13-14/h3-7,9,11,13,17H,1-2,8,10,12H2,(H,22,26)(H,23,24). The van der Waals surface area contributed by atoms with Gasteiger partial charge in [0, 0.05) is 30.2 Å². The number of amides is 1. The number of nitrogens with zero attached hydrogens (tertiary/aromatic N) is 2. The monoisotopic (exact) mass is 400 g/mol. The van der Waals surface area contributed by atoms with Crippen molar-refractivity contribution in [1.82, 2.24) is 15.5 Å². The number of hydrogen-bond donors (Lipinski definition) is 2. The number of carbonyl (C=O) groups excluding carboxylic acids is 1. The van der Waals surface area contributed by atoms with Gasteiger partial charge < -0.3 is 10.2 Å². The maximum atomic E-state index is 12.3. The van der Waals surface area contributed by atoms with Gasteiger partial charge in [-0.2, -0.15) is 16.4 Å². The van der Waals surface area contributed by atoms with Gasteiger partial charge in [0.1, 0.15) is 0 Å². The third-order valence-corrected chi connectivity index (χ3v) is 5.76. The van der Waals surface area contributed by atoms with Gasteiger partial charge in [-0.25, -0.2) is 0 Å². The minimum absolute atomic E-state index is 0.0872. The Kier molecular flexibility index (Phi) is 5.45. The van der Waals surface area contributed by atoms with Gasteiger partial charge in [0.2, 0.25) is 5.91 Å². The van der Waals surface area contributed by atoms with Crippen LogP contribution in [0.15, 0.2) is 47.2 Å². The summed E-state index contributed by atoms with van der Waals surface area (Å²) in [4.78, 5) is 14.5. The van der Waals surface area contributed by atoms with Crippen molar-refractivity contribution in [1.29, 1.82) is 0 Å². The largest absolute Gasteiger partial charge is 0.353 e. The lowest BCUT2D eigenvalue weighted by atomic mass is 10.0. The summed E-state index contributed by atoms with van der Waals surface area (Å²) in [6.07, 6.45) is 2.48. The van der Waals surface area contributed by atoms with Crippen LogP contribution < -0.4 is 10.2 Å². The van der Waals surface area contributed by atoms with E-state index in [0.717, 1.165) is 53.6 Å².